The molecule has 0 spiro atoms. The Labute approximate surface area is 236 Å². The molecule has 234 valence electrons. The summed E-state index contributed by atoms with van der Waals surface area (Å²) in [5.41, 5.74) is 0.470. The molecular weight excluding hydrogens is 604 g/mol. The number of alkyl halides is 6. The lowest BCUT2D eigenvalue weighted by Crippen LogP contribution is -2.45. The van der Waals surface area contributed by atoms with Gasteiger partial charge in [-0.25, -0.2) is 23.4 Å². The van der Waals surface area contributed by atoms with Gasteiger partial charge in [-0.05, 0) is 37.6 Å². The number of hydrogen-bond acceptors (Lipinski definition) is 5. The summed E-state index contributed by atoms with van der Waals surface area (Å²) in [6.45, 7) is 1.35. The van der Waals surface area contributed by atoms with Crippen molar-refractivity contribution in [2.75, 3.05) is 13.1 Å². The zero-order valence-corrected chi connectivity index (χ0v) is 22.1. The molecule has 1 aromatic carbocycles. The summed E-state index contributed by atoms with van der Waals surface area (Å²) in [7, 11) is 0. The Morgan fingerprint density at radius 2 is 1.63 bits per heavy atom. The van der Waals surface area contributed by atoms with Crippen molar-refractivity contribution >= 4 is 23.6 Å². The number of carboxylic acids is 1. The van der Waals surface area contributed by atoms with E-state index in [1.807, 2.05) is 0 Å². The third-order valence-electron chi connectivity index (χ3n) is 6.22. The first-order valence-corrected chi connectivity index (χ1v) is 12.0. The van der Waals surface area contributed by atoms with Crippen LogP contribution >= 0.6 is 0 Å². The van der Waals surface area contributed by atoms with Crippen molar-refractivity contribution < 1.29 is 64.5 Å². The Hall–Kier alpha value is -4.64. The number of pyridine rings is 1. The third kappa shape index (κ3) is 7.61. The van der Waals surface area contributed by atoms with Crippen molar-refractivity contribution in [2.45, 2.75) is 38.8 Å². The first-order valence-electron chi connectivity index (χ1n) is 12.0. The molecule has 2 unspecified atom stereocenters. The molecule has 0 aliphatic carbocycles. The number of amides is 2. The maximum absolute atomic E-state index is 14.0. The van der Waals surface area contributed by atoms with E-state index in [9.17, 15) is 44.7 Å². The molecular formula is C25H22F8N4O6. The van der Waals surface area contributed by atoms with E-state index < -0.39 is 73.6 Å². The summed E-state index contributed by atoms with van der Waals surface area (Å²) < 4.78 is 107. The molecule has 10 nitrogen and oxygen atoms in total. The van der Waals surface area contributed by atoms with Gasteiger partial charge in [-0.1, -0.05) is 6.07 Å². The van der Waals surface area contributed by atoms with Crippen LogP contribution in [0.15, 0.2) is 30.5 Å². The molecule has 1 fully saturated rings. The summed E-state index contributed by atoms with van der Waals surface area (Å²) in [6, 6.07) is 3.43. The van der Waals surface area contributed by atoms with Gasteiger partial charge in [0.15, 0.2) is 11.4 Å². The van der Waals surface area contributed by atoms with E-state index in [1.54, 1.807) is 13.0 Å². The number of aliphatic carboxylic acids is 1. The number of aromatic nitrogens is 2. The number of halogens is 8. The first-order chi connectivity index (χ1) is 19.8. The van der Waals surface area contributed by atoms with E-state index in [2.05, 4.69) is 10.3 Å². The number of hydrogen-bond donors (Lipinski definition) is 3. The first kappa shape index (κ1) is 32.9. The Kier molecular flexibility index (Phi) is 9.40. The highest BCUT2D eigenvalue weighted by atomic mass is 19.4. The zero-order valence-electron chi connectivity index (χ0n) is 22.1. The van der Waals surface area contributed by atoms with E-state index >= 15 is 0 Å². The van der Waals surface area contributed by atoms with Crippen LogP contribution in [-0.4, -0.2) is 74.0 Å². The fourth-order valence-corrected chi connectivity index (χ4v) is 4.23. The highest BCUT2D eigenvalue weighted by Gasteiger charge is 2.51. The normalized spacial score (nSPS) is 16.9. The van der Waals surface area contributed by atoms with Gasteiger partial charge in [-0.3, -0.25) is 9.20 Å². The number of likely N-dealkylation sites (tertiary alicyclic amines) is 1. The second kappa shape index (κ2) is 12.3. The molecule has 3 heterocycles. The molecule has 0 bridgehead atoms. The van der Waals surface area contributed by atoms with E-state index in [0.29, 0.717) is 10.5 Å². The van der Waals surface area contributed by atoms with Gasteiger partial charge >= 0.3 is 24.4 Å². The molecule has 0 radical (unpaired) electrons. The lowest BCUT2D eigenvalue weighted by molar-refractivity contribution is -0.192. The Morgan fingerprint density at radius 3 is 2.14 bits per heavy atom. The highest BCUT2D eigenvalue weighted by Crippen LogP contribution is 2.34. The molecule has 3 N–H and O–H groups in total. The number of aryl methyl sites for hydroxylation is 2. The van der Waals surface area contributed by atoms with Gasteiger partial charge in [0.2, 0.25) is 0 Å². The minimum Gasteiger partial charge on any atom is -0.485 e. The van der Waals surface area contributed by atoms with E-state index in [-0.39, 0.29) is 28.3 Å². The second-order valence-electron chi connectivity index (χ2n) is 9.33. The minimum atomic E-state index is -5.08. The van der Waals surface area contributed by atoms with Crippen LogP contribution in [0.3, 0.4) is 0 Å². The lowest BCUT2D eigenvalue weighted by Gasteiger charge is -2.21. The molecule has 0 saturated carbocycles. The van der Waals surface area contributed by atoms with Crippen LogP contribution in [-0.2, 0) is 11.4 Å². The molecule has 1 aliphatic rings. The zero-order chi connectivity index (χ0) is 32.4. The van der Waals surface area contributed by atoms with Crippen molar-refractivity contribution in [2.24, 2.45) is 5.92 Å². The third-order valence-corrected chi connectivity index (χ3v) is 6.22. The Morgan fingerprint density at radius 1 is 1.05 bits per heavy atom. The number of nitrogens with zero attached hydrogens (tertiary/aromatic N) is 3. The number of carbonyl (C=O) groups is 3. The van der Waals surface area contributed by atoms with Gasteiger partial charge in [0.25, 0.3) is 5.91 Å². The Balaban J connectivity index is 0.000000646. The molecule has 43 heavy (non-hydrogen) atoms. The number of imidazole rings is 1. The number of nitrogens with one attached hydrogen (secondary N) is 1. The van der Waals surface area contributed by atoms with E-state index in [1.165, 1.54) is 23.6 Å². The average Bonchev–Trinajstić information content (AvgIpc) is 3.44. The number of benzene rings is 1. The maximum Gasteiger partial charge on any atom is 0.490 e. The number of rotatable bonds is 5. The van der Waals surface area contributed by atoms with Crippen molar-refractivity contribution in [3.8, 4) is 5.75 Å². The van der Waals surface area contributed by atoms with Crippen LogP contribution in [0.1, 0.15) is 27.3 Å². The topological polar surface area (TPSA) is 133 Å². The summed E-state index contributed by atoms with van der Waals surface area (Å²) in [5.74, 6) is -7.22. The van der Waals surface area contributed by atoms with Crippen LogP contribution < -0.4 is 10.1 Å². The van der Waals surface area contributed by atoms with E-state index in [0.717, 1.165) is 12.1 Å². The van der Waals surface area contributed by atoms with Gasteiger partial charge < -0.3 is 25.2 Å². The van der Waals surface area contributed by atoms with Gasteiger partial charge in [-0.15, -0.1) is 0 Å². The second-order valence-corrected chi connectivity index (χ2v) is 9.33. The Bertz CT molecular complexity index is 1520. The predicted octanol–water partition coefficient (Wildman–Crippen LogP) is 4.71. The summed E-state index contributed by atoms with van der Waals surface area (Å²) in [6.07, 6.45) is -9.81. The fourth-order valence-electron chi connectivity index (χ4n) is 4.23. The molecule has 18 heteroatoms. The van der Waals surface area contributed by atoms with Crippen molar-refractivity contribution in [3.05, 3.63) is 64.6 Å². The maximum atomic E-state index is 14.0. The van der Waals surface area contributed by atoms with Gasteiger partial charge in [-0.2, -0.15) is 26.3 Å². The van der Waals surface area contributed by atoms with Crippen LogP contribution in [0.2, 0.25) is 0 Å². The van der Waals surface area contributed by atoms with Crippen LogP contribution in [0, 0.1) is 31.4 Å². The quantitative estimate of drug-likeness (QED) is 0.350. The molecule has 4 rings (SSSR count). The SMILES string of the molecule is Cc1cc(OCc2c(F)cccc2F)c2nc(C)c(C(=O)NC3CN(C(=O)O)CC3C(F)(F)F)n2c1.O=C(O)C(F)(F)F. The molecule has 2 aromatic heterocycles. The van der Waals surface area contributed by atoms with Crippen molar-refractivity contribution in [1.29, 1.82) is 0 Å². The fraction of sp³-hybridized carbons (Fsp3) is 0.360. The van der Waals surface area contributed by atoms with Crippen LogP contribution in [0.5, 0.6) is 5.75 Å². The van der Waals surface area contributed by atoms with Gasteiger partial charge in [0.05, 0.1) is 23.2 Å². The summed E-state index contributed by atoms with van der Waals surface area (Å²) >= 11 is 0. The van der Waals surface area contributed by atoms with Gasteiger partial charge in [0.1, 0.15) is 23.9 Å². The number of carbonyl (C=O) groups excluding carboxylic acids is 1. The molecule has 1 saturated heterocycles. The molecule has 1 aliphatic heterocycles. The monoisotopic (exact) mass is 626 g/mol. The smallest absolute Gasteiger partial charge is 0.485 e. The predicted molar refractivity (Wildman–Crippen MR) is 129 cm³/mol. The number of ether oxygens (including phenoxy) is 1. The standard InChI is InChI=1S/C23H21F5N4O4.C2HF3O2/c1-11-6-18(36-10-13-15(24)4-3-5-16(13)25)20-29-12(2)19(32(20)7-11)21(33)30-17-9-31(22(34)35)8-14(17)23(26,27)28;3-2(4,5)1(6)7/h3-7,14,17H,8-10H2,1-2H3,(H,30,33)(H,34,35);(H,6,7). The number of carboxylic acid groups (broad SMARTS) is 2. The van der Waals surface area contributed by atoms with E-state index in [4.69, 9.17) is 19.7 Å². The van der Waals surface area contributed by atoms with Gasteiger partial charge in [0, 0.05) is 19.3 Å². The van der Waals surface area contributed by atoms with Crippen molar-refractivity contribution in [3.63, 3.8) is 0 Å². The summed E-state index contributed by atoms with van der Waals surface area (Å²) in [4.78, 5) is 38.1. The highest BCUT2D eigenvalue weighted by molar-refractivity contribution is 5.95. The molecule has 2 atom stereocenters. The average molecular weight is 626 g/mol. The molecule has 3 aromatic rings. The van der Waals surface area contributed by atoms with Crippen LogP contribution in [0.4, 0.5) is 39.9 Å². The minimum absolute atomic E-state index is 0.0784. The molecule has 2 amide bonds. The largest absolute Gasteiger partial charge is 0.490 e. The van der Waals surface area contributed by atoms with Crippen molar-refractivity contribution in [1.82, 2.24) is 19.6 Å². The number of fused-ring (bicyclic) bond motifs is 1. The van der Waals surface area contributed by atoms with Crippen LogP contribution in [0.25, 0.3) is 5.65 Å². The summed E-state index contributed by atoms with van der Waals surface area (Å²) in [5, 5.41) is 18.5. The lowest BCUT2D eigenvalue weighted by atomic mass is 10.0.